The zero-order valence-electron chi connectivity index (χ0n) is 20.8. The first kappa shape index (κ1) is 26.8. The van der Waals surface area contributed by atoms with Gasteiger partial charge in [0.2, 0.25) is 0 Å². The number of rotatable bonds is 7. The Labute approximate surface area is 242 Å². The predicted octanol–water partition coefficient (Wildman–Crippen LogP) is 7.42. The summed E-state index contributed by atoms with van der Waals surface area (Å²) in [4.78, 5) is 18.5. The monoisotopic (exact) mass is 689 g/mol. The third-order valence-electron chi connectivity index (χ3n) is 6.67. The lowest BCUT2D eigenvalue weighted by atomic mass is 9.88. The van der Waals surface area contributed by atoms with E-state index in [1.165, 1.54) is 23.2 Å². The van der Waals surface area contributed by atoms with E-state index in [1.54, 1.807) is 31.5 Å². The maximum Gasteiger partial charge on any atom is 0.282 e. The molecule has 4 aromatic rings. The number of ether oxygens (including phenoxy) is 2. The van der Waals surface area contributed by atoms with Crippen LogP contribution < -0.4 is 15.0 Å². The van der Waals surface area contributed by atoms with Gasteiger partial charge in [0.15, 0.2) is 11.5 Å². The molecule has 0 N–H and O–H groups in total. The second-order valence-corrected chi connectivity index (χ2v) is 11.4. The van der Waals surface area contributed by atoms with Crippen molar-refractivity contribution in [1.29, 1.82) is 0 Å². The fraction of sp³-hybridized carbons (Fsp3) is 0.276. The van der Waals surface area contributed by atoms with Gasteiger partial charge in [-0.1, -0.05) is 47.3 Å². The molecule has 1 aliphatic carbocycles. The van der Waals surface area contributed by atoms with E-state index in [1.807, 2.05) is 24.3 Å². The van der Waals surface area contributed by atoms with Gasteiger partial charge in [0, 0.05) is 10.4 Å². The minimum atomic E-state index is -0.287. The van der Waals surface area contributed by atoms with Crippen LogP contribution in [0.15, 0.2) is 69.0 Å². The van der Waals surface area contributed by atoms with Crippen molar-refractivity contribution in [2.75, 3.05) is 7.11 Å². The van der Waals surface area contributed by atoms with Gasteiger partial charge in [-0.2, -0.15) is 9.78 Å². The molecule has 1 aliphatic rings. The Morgan fingerprint density at radius 2 is 1.89 bits per heavy atom. The van der Waals surface area contributed by atoms with Gasteiger partial charge in [-0.25, -0.2) is 9.37 Å². The Morgan fingerprint density at radius 1 is 1.13 bits per heavy atom. The van der Waals surface area contributed by atoms with Crippen molar-refractivity contribution in [3.8, 4) is 11.5 Å². The number of hydrogen-bond acceptors (Lipinski definition) is 5. The summed E-state index contributed by atoms with van der Waals surface area (Å²) in [7, 11) is 1.58. The fourth-order valence-electron chi connectivity index (χ4n) is 4.72. The molecule has 0 spiro atoms. The summed E-state index contributed by atoms with van der Waals surface area (Å²) < 4.78 is 27.9. The van der Waals surface area contributed by atoms with Crippen LogP contribution in [0.3, 0.4) is 0 Å². The van der Waals surface area contributed by atoms with E-state index < -0.39 is 0 Å². The summed E-state index contributed by atoms with van der Waals surface area (Å²) >= 11 is 5.65. The Kier molecular flexibility index (Phi) is 8.42. The zero-order valence-corrected chi connectivity index (χ0v) is 24.5. The van der Waals surface area contributed by atoms with E-state index in [-0.39, 0.29) is 23.9 Å². The lowest BCUT2D eigenvalue weighted by Gasteiger charge is -2.22. The minimum Gasteiger partial charge on any atom is -0.493 e. The van der Waals surface area contributed by atoms with Crippen molar-refractivity contribution in [2.24, 2.45) is 5.10 Å². The summed E-state index contributed by atoms with van der Waals surface area (Å²) in [6, 6.07) is 15.5. The SMILES string of the molecule is COc1cc(C=Nn2c(C3CCCCC3)nc3ccc(Br)cc3c2=O)cc(I)c1OCc1ccc(F)cc1. The average molecular weight is 690 g/mol. The molecule has 1 aromatic heterocycles. The maximum absolute atomic E-state index is 13.6. The van der Waals surface area contributed by atoms with E-state index in [0.717, 1.165) is 44.9 Å². The van der Waals surface area contributed by atoms with Crippen LogP contribution in [0, 0.1) is 9.39 Å². The number of fused-ring (bicyclic) bond motifs is 1. The molecule has 0 amide bonds. The van der Waals surface area contributed by atoms with Crippen LogP contribution in [0.4, 0.5) is 4.39 Å². The molecule has 196 valence electrons. The number of benzene rings is 3. The summed E-state index contributed by atoms with van der Waals surface area (Å²) in [5.74, 6) is 1.75. The highest BCUT2D eigenvalue weighted by Crippen LogP contribution is 2.35. The van der Waals surface area contributed by atoms with Crippen molar-refractivity contribution >= 4 is 55.6 Å². The molecule has 0 radical (unpaired) electrons. The Morgan fingerprint density at radius 3 is 2.63 bits per heavy atom. The number of nitrogens with zero attached hydrogens (tertiary/aromatic N) is 3. The Hall–Kier alpha value is -2.79. The van der Waals surface area contributed by atoms with Gasteiger partial charge in [-0.05, 0) is 89.0 Å². The van der Waals surface area contributed by atoms with Gasteiger partial charge >= 0.3 is 0 Å². The number of aromatic nitrogens is 2. The second-order valence-electron chi connectivity index (χ2n) is 9.28. The van der Waals surface area contributed by atoms with E-state index >= 15 is 0 Å². The van der Waals surface area contributed by atoms with Crippen LogP contribution in [0.1, 0.15) is 55.0 Å². The quantitative estimate of drug-likeness (QED) is 0.150. The van der Waals surface area contributed by atoms with E-state index in [9.17, 15) is 9.18 Å². The normalized spacial score (nSPS) is 14.3. The topological polar surface area (TPSA) is 65.7 Å². The molecule has 0 atom stereocenters. The summed E-state index contributed by atoms with van der Waals surface area (Å²) in [5, 5.41) is 5.17. The molecule has 9 heteroatoms. The number of methoxy groups -OCH3 is 1. The molecule has 1 heterocycles. The summed E-state index contributed by atoms with van der Waals surface area (Å²) in [5.41, 5.74) is 2.11. The highest BCUT2D eigenvalue weighted by molar-refractivity contribution is 14.1. The smallest absolute Gasteiger partial charge is 0.282 e. The first-order valence-corrected chi connectivity index (χ1v) is 14.3. The number of hydrogen-bond donors (Lipinski definition) is 0. The molecular formula is C29H26BrFIN3O3. The highest BCUT2D eigenvalue weighted by Gasteiger charge is 2.22. The van der Waals surface area contributed by atoms with Gasteiger partial charge in [0.05, 0.1) is 27.8 Å². The van der Waals surface area contributed by atoms with Gasteiger partial charge in [0.1, 0.15) is 18.2 Å². The summed E-state index contributed by atoms with van der Waals surface area (Å²) in [6.07, 6.45) is 7.10. The molecule has 38 heavy (non-hydrogen) atoms. The third-order valence-corrected chi connectivity index (χ3v) is 7.97. The van der Waals surface area contributed by atoms with Crippen molar-refractivity contribution in [2.45, 2.75) is 44.6 Å². The van der Waals surface area contributed by atoms with E-state index in [4.69, 9.17) is 14.5 Å². The maximum atomic E-state index is 13.6. The zero-order chi connectivity index (χ0) is 26.6. The Bertz CT molecular complexity index is 1550. The van der Waals surface area contributed by atoms with Crippen LogP contribution >= 0.6 is 38.5 Å². The molecule has 0 aliphatic heterocycles. The fourth-order valence-corrected chi connectivity index (χ4v) is 5.86. The highest BCUT2D eigenvalue weighted by atomic mass is 127. The summed E-state index contributed by atoms with van der Waals surface area (Å²) in [6.45, 7) is 0.276. The van der Waals surface area contributed by atoms with Crippen LogP contribution in [0.2, 0.25) is 0 Å². The van der Waals surface area contributed by atoms with Gasteiger partial charge in [0.25, 0.3) is 5.56 Å². The molecule has 0 unspecified atom stereocenters. The van der Waals surface area contributed by atoms with Crippen LogP contribution in [0.5, 0.6) is 11.5 Å². The van der Waals surface area contributed by atoms with Crippen LogP contribution in [-0.2, 0) is 6.61 Å². The lowest BCUT2D eigenvalue weighted by molar-refractivity contribution is 0.282. The van der Waals surface area contributed by atoms with Crippen LogP contribution in [-0.4, -0.2) is 23.0 Å². The number of halogens is 3. The molecule has 3 aromatic carbocycles. The average Bonchev–Trinajstić information content (AvgIpc) is 2.93. The van der Waals surface area contributed by atoms with E-state index in [2.05, 4.69) is 43.6 Å². The van der Waals surface area contributed by atoms with Crippen molar-refractivity contribution < 1.29 is 13.9 Å². The van der Waals surface area contributed by atoms with Gasteiger partial charge in [-0.15, -0.1) is 0 Å². The standard InChI is InChI=1S/C29H26BrFIN3O3/c1-37-26-14-19(13-24(32)27(26)38-17-18-7-10-22(31)11-8-18)16-33-35-28(20-5-3-2-4-6-20)34-25-12-9-21(30)15-23(25)29(35)36/h7-16,20H,2-6,17H2,1H3. The molecule has 5 rings (SSSR count). The van der Waals surface area contributed by atoms with Gasteiger partial charge in [-0.3, -0.25) is 4.79 Å². The first-order chi connectivity index (χ1) is 18.4. The molecule has 6 nitrogen and oxygen atoms in total. The second kappa shape index (κ2) is 11.9. The molecule has 1 saturated carbocycles. The lowest BCUT2D eigenvalue weighted by Crippen LogP contribution is -2.25. The molecule has 1 fully saturated rings. The van der Waals surface area contributed by atoms with Crippen molar-refractivity contribution in [1.82, 2.24) is 9.66 Å². The third kappa shape index (κ3) is 5.93. The minimum absolute atomic E-state index is 0.186. The molecule has 0 bridgehead atoms. The molecular weight excluding hydrogens is 664 g/mol. The van der Waals surface area contributed by atoms with Crippen LogP contribution in [0.25, 0.3) is 10.9 Å². The predicted molar refractivity (Wildman–Crippen MR) is 159 cm³/mol. The van der Waals surface area contributed by atoms with Gasteiger partial charge < -0.3 is 9.47 Å². The largest absolute Gasteiger partial charge is 0.493 e. The van der Waals surface area contributed by atoms with Crippen molar-refractivity contribution in [3.63, 3.8) is 0 Å². The van der Waals surface area contributed by atoms with Crippen molar-refractivity contribution in [3.05, 3.63) is 95.8 Å². The molecule has 0 saturated heterocycles. The first-order valence-electron chi connectivity index (χ1n) is 12.4. The Balaban J connectivity index is 1.49. The van der Waals surface area contributed by atoms with E-state index in [0.29, 0.717) is 28.2 Å².